The number of rotatable bonds is 12. The van der Waals surface area contributed by atoms with Gasteiger partial charge in [-0.3, -0.25) is 19.2 Å². The van der Waals surface area contributed by atoms with E-state index in [4.69, 9.17) is 24.7 Å². The molecule has 0 bridgehead atoms. The molecule has 2 atom stereocenters. The van der Waals surface area contributed by atoms with Gasteiger partial charge in [0, 0.05) is 6.42 Å². The summed E-state index contributed by atoms with van der Waals surface area (Å²) in [5.41, 5.74) is 6.04. The molecular formula is C28H43NO8. The van der Waals surface area contributed by atoms with Crippen LogP contribution in [0.2, 0.25) is 0 Å². The van der Waals surface area contributed by atoms with Gasteiger partial charge in [0.05, 0.1) is 12.8 Å². The van der Waals surface area contributed by atoms with E-state index in [0.29, 0.717) is 18.4 Å². The molecule has 208 valence electrons. The minimum Gasteiger partial charge on any atom is -0.461 e. The topological polar surface area (TPSA) is 131 Å². The van der Waals surface area contributed by atoms with Crippen LogP contribution >= 0.6 is 0 Å². The Morgan fingerprint density at radius 3 is 1.92 bits per heavy atom. The number of hydrogen-bond donors (Lipinski definition) is 1. The first-order chi connectivity index (χ1) is 17.0. The lowest BCUT2D eigenvalue weighted by molar-refractivity contribution is -0.158. The van der Waals surface area contributed by atoms with Crippen molar-refractivity contribution in [3.8, 4) is 11.5 Å². The molecule has 1 aromatic rings. The highest BCUT2D eigenvalue weighted by Crippen LogP contribution is 2.32. The van der Waals surface area contributed by atoms with Crippen LogP contribution in [0, 0.1) is 10.8 Å². The maximum absolute atomic E-state index is 12.5. The third-order valence-corrected chi connectivity index (χ3v) is 4.81. The molecule has 0 aliphatic rings. The molecule has 37 heavy (non-hydrogen) atoms. The lowest BCUT2D eigenvalue weighted by atomic mass is 9.92. The lowest BCUT2D eigenvalue weighted by Crippen LogP contribution is -2.36. The molecule has 2 N–H and O–H groups in total. The van der Waals surface area contributed by atoms with E-state index < -0.39 is 30.1 Å². The Labute approximate surface area is 220 Å². The molecule has 0 heterocycles. The highest BCUT2D eigenvalue weighted by atomic mass is 16.6. The molecule has 0 radical (unpaired) electrons. The van der Waals surface area contributed by atoms with E-state index in [-0.39, 0.29) is 54.2 Å². The zero-order valence-electron chi connectivity index (χ0n) is 23.5. The largest absolute Gasteiger partial charge is 0.461 e. The Morgan fingerprint density at radius 2 is 1.41 bits per heavy atom. The molecule has 0 aliphatic carbocycles. The zero-order chi connectivity index (χ0) is 28.4. The fourth-order valence-electron chi connectivity index (χ4n) is 3.19. The van der Waals surface area contributed by atoms with Gasteiger partial charge in [-0.1, -0.05) is 54.5 Å². The van der Waals surface area contributed by atoms with Crippen molar-refractivity contribution in [2.75, 3.05) is 6.61 Å². The number of carbonyl (C=O) groups is 4. The number of benzene rings is 1. The summed E-state index contributed by atoms with van der Waals surface area (Å²) < 4.78 is 21.4. The quantitative estimate of drug-likeness (QED) is 0.311. The molecule has 9 nitrogen and oxygen atoms in total. The van der Waals surface area contributed by atoms with E-state index in [1.165, 1.54) is 12.1 Å². The predicted octanol–water partition coefficient (Wildman–Crippen LogP) is 4.51. The van der Waals surface area contributed by atoms with Crippen molar-refractivity contribution < 1.29 is 38.1 Å². The number of nitrogens with two attached hydrogens (primary N) is 1. The minimum atomic E-state index is -1.01. The van der Waals surface area contributed by atoms with Gasteiger partial charge < -0.3 is 24.7 Å². The normalized spacial score (nSPS) is 13.3. The standard InChI is InChI=1S/C28H43NO8/c1-9-10-23(30)35-18(2)17-34-26(33)20(29)13-19-11-12-21(36-24(31)15-27(3,4)5)22(14-19)37-25(32)16-28(6,7)8/h11-12,14,18,20H,9-10,13,15-17,29H2,1-8H3/t18-,20-/m0/s1. The van der Waals surface area contributed by atoms with Crippen molar-refractivity contribution in [1.82, 2.24) is 0 Å². The Bertz CT molecular complexity index is 942. The summed E-state index contributed by atoms with van der Waals surface area (Å²) >= 11 is 0. The highest BCUT2D eigenvalue weighted by Gasteiger charge is 2.24. The van der Waals surface area contributed by atoms with Gasteiger partial charge >= 0.3 is 23.9 Å². The van der Waals surface area contributed by atoms with Crippen molar-refractivity contribution in [3.63, 3.8) is 0 Å². The van der Waals surface area contributed by atoms with Crippen LogP contribution in [0.5, 0.6) is 11.5 Å². The van der Waals surface area contributed by atoms with E-state index in [1.54, 1.807) is 13.0 Å². The third kappa shape index (κ3) is 13.8. The van der Waals surface area contributed by atoms with Gasteiger partial charge in [0.2, 0.25) is 0 Å². The first-order valence-corrected chi connectivity index (χ1v) is 12.6. The van der Waals surface area contributed by atoms with Gasteiger partial charge in [-0.25, -0.2) is 0 Å². The zero-order valence-corrected chi connectivity index (χ0v) is 23.5. The van der Waals surface area contributed by atoms with Crippen LogP contribution in [0.3, 0.4) is 0 Å². The van der Waals surface area contributed by atoms with Crippen molar-refractivity contribution >= 4 is 23.9 Å². The summed E-state index contributed by atoms with van der Waals surface area (Å²) in [6.45, 7) is 14.9. The fraction of sp³-hybridized carbons (Fsp3) is 0.643. The maximum atomic E-state index is 12.5. The Balaban J connectivity index is 2.94. The molecule has 0 aliphatic heterocycles. The molecule has 1 rings (SSSR count). The molecule has 0 unspecified atom stereocenters. The van der Waals surface area contributed by atoms with Gasteiger partial charge in [0.25, 0.3) is 0 Å². The van der Waals surface area contributed by atoms with E-state index in [0.717, 1.165) is 0 Å². The summed E-state index contributed by atoms with van der Waals surface area (Å²) in [6, 6.07) is 3.68. The third-order valence-electron chi connectivity index (χ3n) is 4.81. The van der Waals surface area contributed by atoms with Gasteiger partial charge in [-0.15, -0.1) is 0 Å². The van der Waals surface area contributed by atoms with Crippen LogP contribution < -0.4 is 15.2 Å². The first-order valence-electron chi connectivity index (χ1n) is 12.6. The van der Waals surface area contributed by atoms with Gasteiger partial charge in [0.15, 0.2) is 11.5 Å². The highest BCUT2D eigenvalue weighted by molar-refractivity contribution is 5.78. The number of ether oxygens (including phenoxy) is 4. The Hall–Kier alpha value is -2.94. The van der Waals surface area contributed by atoms with Crippen LogP contribution in [0.15, 0.2) is 18.2 Å². The van der Waals surface area contributed by atoms with Gasteiger partial charge in [-0.2, -0.15) is 0 Å². The molecule has 0 spiro atoms. The molecular weight excluding hydrogens is 478 g/mol. The average Bonchev–Trinajstić information content (AvgIpc) is 2.71. The lowest BCUT2D eigenvalue weighted by Gasteiger charge is -2.20. The summed E-state index contributed by atoms with van der Waals surface area (Å²) in [5, 5.41) is 0. The van der Waals surface area contributed by atoms with E-state index in [9.17, 15) is 19.2 Å². The smallest absolute Gasteiger partial charge is 0.323 e. The van der Waals surface area contributed by atoms with Gasteiger partial charge in [-0.05, 0) is 48.3 Å². The second kappa shape index (κ2) is 14.1. The van der Waals surface area contributed by atoms with Crippen molar-refractivity contribution in [2.24, 2.45) is 16.6 Å². The second-order valence-corrected chi connectivity index (χ2v) is 11.7. The Kier molecular flexibility index (Phi) is 12.2. The number of esters is 4. The van der Waals surface area contributed by atoms with Crippen LogP contribution in [0.4, 0.5) is 0 Å². The van der Waals surface area contributed by atoms with Crippen LogP contribution in [-0.2, 0) is 35.1 Å². The summed E-state index contributed by atoms with van der Waals surface area (Å²) in [5.74, 6) is -1.77. The molecule has 0 fully saturated rings. The monoisotopic (exact) mass is 521 g/mol. The van der Waals surface area contributed by atoms with E-state index in [2.05, 4.69) is 0 Å². The fourth-order valence-corrected chi connectivity index (χ4v) is 3.19. The Morgan fingerprint density at radius 1 is 0.865 bits per heavy atom. The molecule has 0 saturated heterocycles. The minimum absolute atomic E-state index is 0.0750. The molecule has 1 aromatic carbocycles. The van der Waals surface area contributed by atoms with Crippen LogP contribution in [0.1, 0.15) is 86.6 Å². The summed E-state index contributed by atoms with van der Waals surface area (Å²) in [7, 11) is 0. The maximum Gasteiger partial charge on any atom is 0.323 e. The molecule has 9 heteroatoms. The average molecular weight is 522 g/mol. The first kappa shape index (κ1) is 32.1. The van der Waals surface area contributed by atoms with Crippen LogP contribution in [0.25, 0.3) is 0 Å². The number of carbonyl (C=O) groups excluding carboxylic acids is 4. The molecule has 0 saturated carbocycles. The molecule has 0 amide bonds. The van der Waals surface area contributed by atoms with E-state index in [1.807, 2.05) is 48.5 Å². The van der Waals surface area contributed by atoms with Crippen LogP contribution in [-0.4, -0.2) is 42.6 Å². The van der Waals surface area contributed by atoms with Crippen molar-refractivity contribution in [1.29, 1.82) is 0 Å². The predicted molar refractivity (Wildman–Crippen MR) is 139 cm³/mol. The van der Waals surface area contributed by atoms with E-state index >= 15 is 0 Å². The molecule has 0 aromatic heterocycles. The second-order valence-electron chi connectivity index (χ2n) is 11.7. The number of hydrogen-bond acceptors (Lipinski definition) is 9. The summed E-state index contributed by atoms with van der Waals surface area (Å²) in [4.78, 5) is 48.9. The SMILES string of the molecule is CCCC(=O)O[C@@H](C)COC(=O)[C@@H](N)Cc1ccc(OC(=O)CC(C)(C)C)c(OC(=O)CC(C)(C)C)c1. The van der Waals surface area contributed by atoms with Gasteiger partial charge in [0.1, 0.15) is 18.8 Å². The summed E-state index contributed by atoms with van der Waals surface area (Å²) in [6.07, 6.45) is 0.779. The van der Waals surface area contributed by atoms with Crippen molar-refractivity contribution in [3.05, 3.63) is 23.8 Å². The van der Waals surface area contributed by atoms with Crippen molar-refractivity contribution in [2.45, 2.75) is 99.6 Å².